The fraction of sp³-hybridized carbons (Fsp3) is 0.0909. The van der Waals surface area contributed by atoms with E-state index in [4.69, 9.17) is 0 Å². The van der Waals surface area contributed by atoms with E-state index in [1.807, 2.05) is 31.2 Å². The van der Waals surface area contributed by atoms with Gasteiger partial charge >= 0.3 is 0 Å². The van der Waals surface area contributed by atoms with E-state index in [2.05, 4.69) is 20.5 Å². The molecule has 0 fully saturated rings. The molecule has 0 unspecified atom stereocenters. The van der Waals surface area contributed by atoms with E-state index in [9.17, 15) is 0 Å². The van der Waals surface area contributed by atoms with Crippen LogP contribution in [0.1, 0.15) is 5.56 Å². The standard InChI is InChI=1S/C11H9N5/c1-8-4-2-3-5-10(8)16-11-7-13-12-6-9(11)14-15-16/h2-7H,1H3. The smallest absolute Gasteiger partial charge is 0.135 e. The Morgan fingerprint density at radius 1 is 1.06 bits per heavy atom. The van der Waals surface area contributed by atoms with Crippen molar-refractivity contribution < 1.29 is 0 Å². The van der Waals surface area contributed by atoms with Gasteiger partial charge in [0.05, 0.1) is 18.1 Å². The maximum atomic E-state index is 4.11. The van der Waals surface area contributed by atoms with Crippen LogP contribution in [0.4, 0.5) is 0 Å². The van der Waals surface area contributed by atoms with Crippen molar-refractivity contribution in [1.29, 1.82) is 0 Å². The third kappa shape index (κ3) is 1.25. The normalized spacial score (nSPS) is 10.8. The Morgan fingerprint density at radius 2 is 1.88 bits per heavy atom. The van der Waals surface area contributed by atoms with Gasteiger partial charge in [-0.25, -0.2) is 4.68 Å². The first-order chi connectivity index (χ1) is 7.86. The van der Waals surface area contributed by atoms with E-state index in [1.54, 1.807) is 17.1 Å². The summed E-state index contributed by atoms with van der Waals surface area (Å²) < 4.78 is 1.78. The lowest BCUT2D eigenvalue weighted by Gasteiger charge is -2.04. The van der Waals surface area contributed by atoms with Crippen LogP contribution in [0, 0.1) is 6.92 Å². The van der Waals surface area contributed by atoms with Crippen LogP contribution in [0.5, 0.6) is 0 Å². The molecule has 3 rings (SSSR count). The average Bonchev–Trinajstić information content (AvgIpc) is 2.74. The van der Waals surface area contributed by atoms with Gasteiger partial charge < -0.3 is 0 Å². The van der Waals surface area contributed by atoms with Gasteiger partial charge in [0.25, 0.3) is 0 Å². The number of rotatable bonds is 1. The first-order valence-corrected chi connectivity index (χ1v) is 4.94. The Hall–Kier alpha value is -2.30. The summed E-state index contributed by atoms with van der Waals surface area (Å²) in [6.07, 6.45) is 3.28. The molecule has 3 aromatic rings. The number of benzene rings is 1. The Kier molecular flexibility index (Phi) is 1.89. The van der Waals surface area contributed by atoms with Crippen LogP contribution in [-0.2, 0) is 0 Å². The molecule has 0 aliphatic rings. The number of hydrogen-bond donors (Lipinski definition) is 0. The molecule has 5 nitrogen and oxygen atoms in total. The molecule has 0 saturated heterocycles. The maximum Gasteiger partial charge on any atom is 0.135 e. The summed E-state index contributed by atoms with van der Waals surface area (Å²) in [7, 11) is 0. The zero-order valence-corrected chi connectivity index (χ0v) is 8.70. The highest BCUT2D eigenvalue weighted by Crippen LogP contribution is 2.17. The molecule has 0 radical (unpaired) electrons. The van der Waals surface area contributed by atoms with Crippen molar-refractivity contribution in [3.63, 3.8) is 0 Å². The predicted octanol–water partition coefficient (Wildman–Crippen LogP) is 1.52. The molecule has 16 heavy (non-hydrogen) atoms. The number of hydrogen-bond acceptors (Lipinski definition) is 4. The van der Waals surface area contributed by atoms with Crippen molar-refractivity contribution in [2.45, 2.75) is 6.92 Å². The second kappa shape index (κ2) is 3.37. The molecule has 5 heteroatoms. The van der Waals surface area contributed by atoms with Crippen LogP contribution in [0.15, 0.2) is 36.7 Å². The molecule has 0 bridgehead atoms. The van der Waals surface area contributed by atoms with Gasteiger partial charge in [0, 0.05) is 0 Å². The summed E-state index contributed by atoms with van der Waals surface area (Å²) in [6, 6.07) is 8.02. The summed E-state index contributed by atoms with van der Waals surface area (Å²) >= 11 is 0. The fourth-order valence-electron chi connectivity index (χ4n) is 1.67. The Balaban J connectivity index is 2.31. The van der Waals surface area contributed by atoms with Gasteiger partial charge in [-0.05, 0) is 18.6 Å². The molecule has 0 aliphatic carbocycles. The summed E-state index contributed by atoms with van der Waals surface area (Å²) in [5.74, 6) is 0. The third-order valence-electron chi connectivity index (χ3n) is 2.50. The predicted molar refractivity (Wildman–Crippen MR) is 59.2 cm³/mol. The summed E-state index contributed by atoms with van der Waals surface area (Å²) in [5, 5.41) is 15.8. The van der Waals surface area contributed by atoms with Gasteiger partial charge in [-0.15, -0.1) is 5.10 Å². The van der Waals surface area contributed by atoms with Crippen molar-refractivity contribution in [3.8, 4) is 5.69 Å². The molecule has 0 aliphatic heterocycles. The lowest BCUT2D eigenvalue weighted by atomic mass is 10.2. The highest BCUT2D eigenvalue weighted by atomic mass is 15.4. The lowest BCUT2D eigenvalue weighted by molar-refractivity contribution is 0.818. The molecule has 1 aromatic carbocycles. The molecular formula is C11H9N5. The monoisotopic (exact) mass is 211 g/mol. The van der Waals surface area contributed by atoms with Gasteiger partial charge in [0.2, 0.25) is 0 Å². The molecular weight excluding hydrogens is 202 g/mol. The van der Waals surface area contributed by atoms with E-state index in [-0.39, 0.29) is 0 Å². The first-order valence-electron chi connectivity index (χ1n) is 4.94. The second-order valence-electron chi connectivity index (χ2n) is 3.55. The quantitative estimate of drug-likeness (QED) is 0.612. The molecule has 78 valence electrons. The van der Waals surface area contributed by atoms with Crippen molar-refractivity contribution in [2.75, 3.05) is 0 Å². The Labute approximate surface area is 91.7 Å². The summed E-state index contributed by atoms with van der Waals surface area (Å²) in [5.41, 5.74) is 3.77. The zero-order chi connectivity index (χ0) is 11.0. The highest BCUT2D eigenvalue weighted by Gasteiger charge is 2.07. The molecule has 2 heterocycles. The van der Waals surface area contributed by atoms with Crippen LogP contribution in [-0.4, -0.2) is 25.2 Å². The van der Waals surface area contributed by atoms with Crippen molar-refractivity contribution >= 4 is 11.0 Å². The zero-order valence-electron chi connectivity index (χ0n) is 8.70. The van der Waals surface area contributed by atoms with Crippen LogP contribution < -0.4 is 0 Å². The minimum atomic E-state index is 0.748. The number of aromatic nitrogens is 5. The molecule has 0 amide bonds. The fourth-order valence-corrected chi connectivity index (χ4v) is 1.67. The number of fused-ring (bicyclic) bond motifs is 1. The molecule has 2 aromatic heterocycles. The van der Waals surface area contributed by atoms with Crippen molar-refractivity contribution in [3.05, 3.63) is 42.2 Å². The molecule has 0 spiro atoms. The van der Waals surface area contributed by atoms with Gasteiger partial charge in [-0.3, -0.25) is 0 Å². The minimum absolute atomic E-state index is 0.748. The number of nitrogens with zero attached hydrogens (tertiary/aromatic N) is 5. The van der Waals surface area contributed by atoms with Crippen LogP contribution in [0.25, 0.3) is 16.7 Å². The van der Waals surface area contributed by atoms with Gasteiger partial charge in [-0.2, -0.15) is 10.2 Å². The van der Waals surface area contributed by atoms with Crippen LogP contribution in [0.2, 0.25) is 0 Å². The van der Waals surface area contributed by atoms with Gasteiger partial charge in [0.1, 0.15) is 11.0 Å². The molecule has 0 N–H and O–H groups in total. The topological polar surface area (TPSA) is 56.5 Å². The largest absolute Gasteiger partial charge is 0.211 e. The average molecular weight is 211 g/mol. The summed E-state index contributed by atoms with van der Waals surface area (Å²) in [6.45, 7) is 2.04. The maximum absolute atomic E-state index is 4.11. The van der Waals surface area contributed by atoms with E-state index in [0.717, 1.165) is 22.3 Å². The van der Waals surface area contributed by atoms with Crippen LogP contribution in [0.3, 0.4) is 0 Å². The second-order valence-corrected chi connectivity index (χ2v) is 3.55. The Bertz CT molecular complexity index is 643. The summed E-state index contributed by atoms with van der Waals surface area (Å²) in [4.78, 5) is 0. The van der Waals surface area contributed by atoms with Gasteiger partial charge in [0.15, 0.2) is 0 Å². The van der Waals surface area contributed by atoms with E-state index in [1.165, 1.54) is 0 Å². The first kappa shape index (κ1) is 8.96. The van der Waals surface area contributed by atoms with E-state index in [0.29, 0.717) is 0 Å². The molecule has 0 atom stereocenters. The number of para-hydroxylation sites is 1. The van der Waals surface area contributed by atoms with E-state index < -0.39 is 0 Å². The van der Waals surface area contributed by atoms with Crippen molar-refractivity contribution in [1.82, 2.24) is 25.2 Å². The highest BCUT2D eigenvalue weighted by molar-refractivity contribution is 5.74. The van der Waals surface area contributed by atoms with Gasteiger partial charge in [-0.1, -0.05) is 23.4 Å². The SMILES string of the molecule is Cc1ccccc1-n1nnc2cnncc21. The van der Waals surface area contributed by atoms with Crippen LogP contribution >= 0.6 is 0 Å². The minimum Gasteiger partial charge on any atom is -0.211 e. The van der Waals surface area contributed by atoms with E-state index >= 15 is 0 Å². The lowest BCUT2D eigenvalue weighted by Crippen LogP contribution is -1.99. The Morgan fingerprint density at radius 3 is 2.75 bits per heavy atom. The number of aryl methyl sites for hydroxylation is 1. The molecule has 0 saturated carbocycles. The third-order valence-corrected chi connectivity index (χ3v) is 2.50. The van der Waals surface area contributed by atoms with Crippen molar-refractivity contribution in [2.24, 2.45) is 0 Å².